The first-order chi connectivity index (χ1) is 11.5. The van der Waals surface area contributed by atoms with Gasteiger partial charge in [0.1, 0.15) is 0 Å². The minimum Gasteiger partial charge on any atom is -0.314 e. The van der Waals surface area contributed by atoms with Crippen molar-refractivity contribution in [2.45, 2.75) is 16.7 Å². The van der Waals surface area contributed by atoms with Gasteiger partial charge in [0.15, 0.2) is 4.84 Å². The Morgan fingerprint density at radius 2 is 1.71 bits per heavy atom. The van der Waals surface area contributed by atoms with Gasteiger partial charge in [0, 0.05) is 5.56 Å². The topological polar surface area (TPSA) is 82.7 Å². The molecule has 0 bridgehead atoms. The average molecular weight is 365 g/mol. The summed E-state index contributed by atoms with van der Waals surface area (Å²) in [6.45, 7) is 0. The lowest BCUT2D eigenvalue weighted by molar-refractivity contribution is -0.702. The van der Waals surface area contributed by atoms with Crippen LogP contribution in [0.25, 0.3) is 0 Å². The van der Waals surface area contributed by atoms with Crippen LogP contribution in [0.1, 0.15) is 15.9 Å². The van der Waals surface area contributed by atoms with Crippen molar-refractivity contribution < 1.29 is 15.5 Å². The first-order valence-corrected chi connectivity index (χ1v) is 8.36. The molecule has 124 valence electrons. The fraction of sp³-hybridized carbons (Fsp3) is 0.176. The minimum absolute atomic E-state index is 0.279. The third-order valence-electron chi connectivity index (χ3n) is 3.96. The maximum absolute atomic E-state index is 12.6. The molecule has 0 aromatic heterocycles. The number of hydrogen-bond acceptors (Lipinski definition) is 2. The molecule has 1 heterocycles. The molecule has 5 nitrogen and oxygen atoms in total. The van der Waals surface area contributed by atoms with Gasteiger partial charge in [-0.05, 0) is 24.3 Å². The van der Waals surface area contributed by atoms with Gasteiger partial charge in [-0.25, -0.2) is 10.3 Å². The zero-order chi connectivity index (χ0) is 17.2. The van der Waals surface area contributed by atoms with Gasteiger partial charge in [-0.2, -0.15) is 0 Å². The van der Waals surface area contributed by atoms with Gasteiger partial charge in [0.2, 0.25) is 0 Å². The molecule has 2 aromatic carbocycles. The fourth-order valence-electron chi connectivity index (χ4n) is 2.61. The van der Waals surface area contributed by atoms with E-state index in [0.29, 0.717) is 5.56 Å². The van der Waals surface area contributed by atoms with Crippen LogP contribution in [0.4, 0.5) is 0 Å². The molecule has 3 rings (SSSR count). The van der Waals surface area contributed by atoms with E-state index >= 15 is 0 Å². The third kappa shape index (κ3) is 3.11. The van der Waals surface area contributed by atoms with Crippen molar-refractivity contribution in [3.05, 3.63) is 71.8 Å². The molecule has 7 heteroatoms. The molecular weight excluding hydrogens is 347 g/mol. The lowest BCUT2D eigenvalue weighted by Gasteiger charge is -2.27. The summed E-state index contributed by atoms with van der Waals surface area (Å²) in [5.41, 5.74) is 4.38. The van der Waals surface area contributed by atoms with Gasteiger partial charge in [-0.3, -0.25) is 4.79 Å². The Hall–Kier alpha value is -2.08. The van der Waals surface area contributed by atoms with E-state index in [1.54, 1.807) is 24.3 Å². The lowest BCUT2D eigenvalue weighted by atomic mass is 10.1. The van der Waals surface area contributed by atoms with Gasteiger partial charge in [-0.15, -0.1) is 0 Å². The fourth-order valence-corrected chi connectivity index (χ4v) is 3.13. The Morgan fingerprint density at radius 3 is 2.29 bits per heavy atom. The number of alkyl halides is 2. The number of hydrogen-bond donors (Lipinski definition) is 4. The molecule has 0 saturated carbocycles. The molecule has 2 atom stereocenters. The first-order valence-electron chi connectivity index (χ1n) is 7.49. The Balaban J connectivity index is 1.87. The smallest absolute Gasteiger partial charge is 0.303 e. The molecule has 2 aromatic rings. The van der Waals surface area contributed by atoms with E-state index in [1.165, 1.54) is 0 Å². The van der Waals surface area contributed by atoms with E-state index < -0.39 is 16.7 Å². The van der Waals surface area contributed by atoms with E-state index in [2.05, 4.69) is 21.4 Å². The van der Waals surface area contributed by atoms with Crippen LogP contribution in [0.15, 0.2) is 60.7 Å². The predicted octanol–water partition coefficient (Wildman–Crippen LogP) is -0.385. The molecule has 0 unspecified atom stereocenters. The second kappa shape index (κ2) is 6.81. The van der Waals surface area contributed by atoms with Crippen molar-refractivity contribution >= 4 is 34.9 Å². The number of quaternary nitrogens is 1. The summed E-state index contributed by atoms with van der Waals surface area (Å²) < 4.78 is 0. The van der Waals surface area contributed by atoms with E-state index in [0.717, 1.165) is 11.4 Å². The van der Waals surface area contributed by atoms with Crippen LogP contribution in [0.2, 0.25) is 0 Å². The molecule has 6 N–H and O–H groups in total. The maximum Gasteiger partial charge on any atom is 0.303 e. The number of amidine groups is 1. The molecule has 0 spiro atoms. The van der Waals surface area contributed by atoms with Crippen LogP contribution < -0.4 is 21.4 Å². The number of amides is 1. The zero-order valence-electron chi connectivity index (χ0n) is 12.8. The van der Waals surface area contributed by atoms with Crippen molar-refractivity contribution in [3.8, 4) is 0 Å². The molecular formula is C17H18Cl2N4O+2. The highest BCUT2D eigenvalue weighted by atomic mass is 35.5. The standard InChI is InChI=1S/C17H16Cl2N4O/c18-15(19)17(23-14(24)12-9-5-2-6-10-12)16(20)21-13(22-17)11-7-3-1-4-8-11/h1-10,15-16H,20H2,(H,21,22)(H,23,24)/p+2/t16-,17+/m0/s1. The van der Waals surface area contributed by atoms with E-state index in [-0.39, 0.29) is 5.91 Å². The quantitative estimate of drug-likeness (QED) is 0.557. The highest BCUT2D eigenvalue weighted by molar-refractivity contribution is 6.45. The lowest BCUT2D eigenvalue weighted by Crippen LogP contribution is -2.98. The second-order valence-electron chi connectivity index (χ2n) is 5.55. The predicted molar refractivity (Wildman–Crippen MR) is 93.5 cm³/mol. The second-order valence-corrected chi connectivity index (χ2v) is 6.65. The van der Waals surface area contributed by atoms with E-state index in [4.69, 9.17) is 23.2 Å². The monoisotopic (exact) mass is 364 g/mol. The summed E-state index contributed by atoms with van der Waals surface area (Å²) in [5.74, 6) is 0.439. The molecule has 1 amide bonds. The van der Waals surface area contributed by atoms with Crippen LogP contribution >= 0.6 is 23.2 Å². The number of nitrogens with one attached hydrogen (secondary N) is 3. The minimum atomic E-state index is -1.12. The zero-order valence-corrected chi connectivity index (χ0v) is 14.3. The molecule has 1 aliphatic heterocycles. The molecule has 0 radical (unpaired) electrons. The number of halogens is 2. The highest BCUT2D eigenvalue weighted by Crippen LogP contribution is 2.21. The van der Waals surface area contributed by atoms with Crippen LogP contribution in [-0.2, 0) is 0 Å². The first kappa shape index (κ1) is 16.8. The van der Waals surface area contributed by atoms with Gasteiger partial charge < -0.3 is 11.1 Å². The van der Waals surface area contributed by atoms with Crippen molar-refractivity contribution in [1.82, 2.24) is 10.6 Å². The summed E-state index contributed by atoms with van der Waals surface area (Å²) in [6, 6.07) is 18.5. The largest absolute Gasteiger partial charge is 0.314 e. The molecule has 0 fully saturated rings. The van der Waals surface area contributed by atoms with E-state index in [1.807, 2.05) is 36.4 Å². The number of rotatable bonds is 4. The summed E-state index contributed by atoms with van der Waals surface area (Å²) in [4.78, 5) is 14.9. The Morgan fingerprint density at radius 1 is 1.12 bits per heavy atom. The van der Waals surface area contributed by atoms with E-state index in [9.17, 15) is 4.79 Å². The summed E-state index contributed by atoms with van der Waals surface area (Å²) in [6.07, 6.45) is -0.458. The maximum atomic E-state index is 12.6. The summed E-state index contributed by atoms with van der Waals surface area (Å²) >= 11 is 12.4. The van der Waals surface area contributed by atoms with Crippen molar-refractivity contribution in [3.63, 3.8) is 0 Å². The van der Waals surface area contributed by atoms with Crippen LogP contribution in [0.5, 0.6) is 0 Å². The highest BCUT2D eigenvalue weighted by Gasteiger charge is 2.58. The average Bonchev–Trinajstić information content (AvgIpc) is 2.94. The van der Waals surface area contributed by atoms with Crippen molar-refractivity contribution in [2.24, 2.45) is 0 Å². The summed E-state index contributed by atoms with van der Waals surface area (Å²) in [5, 5.41) is 6.12. The van der Waals surface area contributed by atoms with Crippen LogP contribution in [-0.4, -0.2) is 28.4 Å². The Bertz CT molecular complexity index is 752. The number of benzene rings is 2. The van der Waals surface area contributed by atoms with Crippen LogP contribution in [0, 0.1) is 0 Å². The molecule has 24 heavy (non-hydrogen) atoms. The Labute approximate surface area is 149 Å². The third-order valence-corrected chi connectivity index (χ3v) is 4.65. The number of carbonyl (C=O) groups excluding carboxylic acids is 1. The SMILES string of the molecule is [NH3+][C@H]1[NH+]=C(c2ccccc2)N[C@@]1(NC(=O)c1ccccc1)C(Cl)Cl. The molecule has 0 saturated heterocycles. The Kier molecular flexibility index (Phi) is 4.76. The van der Waals surface area contributed by atoms with Gasteiger partial charge in [0.25, 0.3) is 17.9 Å². The van der Waals surface area contributed by atoms with Crippen molar-refractivity contribution in [1.29, 1.82) is 0 Å². The molecule has 0 aliphatic carbocycles. The molecule has 1 aliphatic rings. The normalized spacial score (nSPS) is 22.8. The van der Waals surface area contributed by atoms with Crippen LogP contribution in [0.3, 0.4) is 0 Å². The number of carbonyl (C=O) groups is 1. The van der Waals surface area contributed by atoms with Gasteiger partial charge in [-0.1, -0.05) is 59.6 Å². The van der Waals surface area contributed by atoms with Crippen molar-refractivity contribution in [2.75, 3.05) is 0 Å². The van der Waals surface area contributed by atoms with Gasteiger partial charge >= 0.3 is 5.66 Å². The summed E-state index contributed by atoms with van der Waals surface area (Å²) in [7, 11) is 0. The van der Waals surface area contributed by atoms with Gasteiger partial charge in [0.05, 0.1) is 5.56 Å².